The van der Waals surface area contributed by atoms with Gasteiger partial charge in [0, 0.05) is 11.4 Å². The Morgan fingerprint density at radius 1 is 1.00 bits per heavy atom. The lowest BCUT2D eigenvalue weighted by molar-refractivity contribution is -0.126. The van der Waals surface area contributed by atoms with E-state index in [9.17, 15) is 9.59 Å². The quantitative estimate of drug-likeness (QED) is 0.664. The molecule has 0 spiro atoms. The normalized spacial score (nSPS) is 17.3. The number of carbonyl (C=O) groups excluding carboxylic acids is 2. The van der Waals surface area contributed by atoms with Crippen LogP contribution in [0.1, 0.15) is 17.5 Å². The lowest BCUT2D eigenvalue weighted by atomic mass is 10.1. The van der Waals surface area contributed by atoms with Gasteiger partial charge in [-0.3, -0.25) is 14.5 Å². The molecule has 0 aromatic heterocycles. The summed E-state index contributed by atoms with van der Waals surface area (Å²) in [5, 5.41) is -0.395. The maximum Gasteiger partial charge on any atom is 0.289 e. The van der Waals surface area contributed by atoms with E-state index in [-0.39, 0.29) is 16.4 Å². The molecule has 2 aromatic rings. The minimum atomic E-state index is -0.288. The van der Waals surface area contributed by atoms with Crippen molar-refractivity contribution in [3.8, 4) is 0 Å². The van der Waals surface area contributed by atoms with E-state index < -0.39 is 0 Å². The summed E-state index contributed by atoms with van der Waals surface area (Å²) in [6.07, 6.45) is 4.33. The molecule has 0 aliphatic carbocycles. The molecule has 1 atom stereocenters. The highest BCUT2D eigenvalue weighted by Gasteiger charge is 2.38. The van der Waals surface area contributed by atoms with Crippen LogP contribution >= 0.6 is 23.5 Å². The van der Waals surface area contributed by atoms with Crippen LogP contribution in [0.15, 0.2) is 59.5 Å². The van der Waals surface area contributed by atoms with Gasteiger partial charge < -0.3 is 0 Å². The van der Waals surface area contributed by atoms with Crippen molar-refractivity contribution in [2.24, 2.45) is 0 Å². The van der Waals surface area contributed by atoms with Gasteiger partial charge in [0.25, 0.3) is 5.24 Å². The molecule has 130 valence electrons. The van der Waals surface area contributed by atoms with Crippen molar-refractivity contribution >= 4 is 34.7 Å². The number of thioether (sulfide) groups is 2. The molecule has 1 aliphatic heterocycles. The molecule has 0 unspecified atom stereocenters. The highest BCUT2D eigenvalue weighted by Crippen LogP contribution is 2.30. The van der Waals surface area contributed by atoms with Gasteiger partial charge in [-0.1, -0.05) is 54.2 Å². The second-order valence-corrected chi connectivity index (χ2v) is 8.04. The first-order chi connectivity index (χ1) is 12.2. The first-order valence-electron chi connectivity index (χ1n) is 8.36. The minimum Gasteiger partial charge on any atom is -0.273 e. The number of benzene rings is 2. The maximum absolute atomic E-state index is 12.6. The van der Waals surface area contributed by atoms with Gasteiger partial charge in [0.1, 0.15) is 0 Å². The predicted molar refractivity (Wildman–Crippen MR) is 105 cm³/mol. The summed E-state index contributed by atoms with van der Waals surface area (Å²) in [4.78, 5) is 27.4. The van der Waals surface area contributed by atoms with Crippen LogP contribution in [0.5, 0.6) is 0 Å². The number of nitrogens with zero attached hydrogens (tertiary/aromatic N) is 1. The summed E-state index contributed by atoms with van der Waals surface area (Å²) in [7, 11) is 0. The van der Waals surface area contributed by atoms with E-state index in [0.717, 1.165) is 18.4 Å². The van der Waals surface area contributed by atoms with Gasteiger partial charge >= 0.3 is 0 Å². The molecule has 2 amide bonds. The van der Waals surface area contributed by atoms with Crippen molar-refractivity contribution in [2.45, 2.75) is 29.4 Å². The average molecular weight is 372 g/mol. The van der Waals surface area contributed by atoms with Crippen LogP contribution in [0.2, 0.25) is 0 Å². The Morgan fingerprint density at radius 3 is 2.40 bits per heavy atom. The third kappa shape index (κ3) is 4.67. The van der Waals surface area contributed by atoms with Crippen LogP contribution in [-0.2, 0) is 17.6 Å². The smallest absolute Gasteiger partial charge is 0.273 e. The first kappa shape index (κ1) is 18.1. The van der Waals surface area contributed by atoms with Crippen LogP contribution in [0.3, 0.4) is 0 Å². The van der Waals surface area contributed by atoms with Gasteiger partial charge in [0.2, 0.25) is 5.91 Å². The van der Waals surface area contributed by atoms with Gasteiger partial charge in [-0.05, 0) is 48.8 Å². The van der Waals surface area contributed by atoms with Gasteiger partial charge in [-0.25, -0.2) is 0 Å². The number of imide groups is 1. The zero-order valence-corrected chi connectivity index (χ0v) is 15.8. The Morgan fingerprint density at radius 2 is 1.72 bits per heavy atom. The van der Waals surface area contributed by atoms with Crippen LogP contribution < -0.4 is 0 Å². The lowest BCUT2D eigenvalue weighted by Gasteiger charge is -2.14. The number of amides is 2. The lowest BCUT2D eigenvalue weighted by Crippen LogP contribution is -2.33. The summed E-state index contributed by atoms with van der Waals surface area (Å²) in [6.45, 7) is 0.501. The molecular formula is C20H21NO2S2. The fraction of sp³-hybridized carbons (Fsp3) is 0.300. The SMILES string of the molecule is CSc1ccc(C[C@@H]2SC(=O)N(CCCc3ccccc3)C2=O)cc1. The number of carbonyl (C=O) groups is 2. The van der Waals surface area contributed by atoms with Crippen LogP contribution in [0, 0.1) is 0 Å². The molecule has 0 radical (unpaired) electrons. The number of hydrogen-bond acceptors (Lipinski definition) is 4. The van der Waals surface area contributed by atoms with E-state index >= 15 is 0 Å². The molecule has 1 fully saturated rings. The van der Waals surface area contributed by atoms with Crippen molar-refractivity contribution in [2.75, 3.05) is 12.8 Å². The maximum atomic E-state index is 12.6. The van der Waals surface area contributed by atoms with Crippen LogP contribution in [0.4, 0.5) is 4.79 Å². The zero-order chi connectivity index (χ0) is 17.6. The monoisotopic (exact) mass is 371 g/mol. The molecule has 0 N–H and O–H groups in total. The molecule has 2 aromatic carbocycles. The molecule has 1 aliphatic rings. The van der Waals surface area contributed by atoms with Crippen molar-refractivity contribution in [3.05, 3.63) is 65.7 Å². The Labute approximate surface area is 157 Å². The van der Waals surface area contributed by atoms with Crippen molar-refractivity contribution in [3.63, 3.8) is 0 Å². The van der Waals surface area contributed by atoms with Crippen molar-refractivity contribution in [1.29, 1.82) is 0 Å². The highest BCUT2D eigenvalue weighted by atomic mass is 32.2. The van der Waals surface area contributed by atoms with E-state index in [4.69, 9.17) is 0 Å². The minimum absolute atomic E-state index is 0.0444. The fourth-order valence-corrected chi connectivity index (χ4v) is 4.36. The van der Waals surface area contributed by atoms with E-state index in [0.29, 0.717) is 13.0 Å². The van der Waals surface area contributed by atoms with E-state index in [2.05, 4.69) is 24.3 Å². The predicted octanol–water partition coefficient (Wildman–Crippen LogP) is 4.65. The molecule has 25 heavy (non-hydrogen) atoms. The standard InChI is InChI=1S/C20H21NO2S2/c1-24-17-11-9-16(10-12-17)14-18-19(22)21(20(23)25-18)13-5-8-15-6-3-2-4-7-15/h2-4,6-7,9-12,18H,5,8,13-14H2,1H3/t18-/m0/s1. The average Bonchev–Trinajstić information content (AvgIpc) is 2.90. The molecular weight excluding hydrogens is 350 g/mol. The molecule has 5 heteroatoms. The topological polar surface area (TPSA) is 37.4 Å². The molecule has 0 saturated carbocycles. The molecule has 1 heterocycles. The second kappa shape index (κ2) is 8.59. The Hall–Kier alpha value is -1.72. The highest BCUT2D eigenvalue weighted by molar-refractivity contribution is 8.15. The molecule has 0 bridgehead atoms. The zero-order valence-electron chi connectivity index (χ0n) is 14.2. The third-order valence-electron chi connectivity index (χ3n) is 4.28. The summed E-state index contributed by atoms with van der Waals surface area (Å²) in [5.74, 6) is -0.0444. The van der Waals surface area contributed by atoms with Crippen LogP contribution in [-0.4, -0.2) is 34.1 Å². The molecule has 3 rings (SSSR count). The summed E-state index contributed by atoms with van der Waals surface area (Å²) >= 11 is 2.86. The first-order valence-corrected chi connectivity index (χ1v) is 10.5. The second-order valence-electron chi connectivity index (χ2n) is 6.00. The van der Waals surface area contributed by atoms with E-state index in [1.807, 2.05) is 36.6 Å². The Bertz CT molecular complexity index is 731. The number of aryl methyl sites for hydroxylation is 1. The van der Waals surface area contributed by atoms with Gasteiger partial charge in [0.05, 0.1) is 5.25 Å². The van der Waals surface area contributed by atoms with Crippen molar-refractivity contribution < 1.29 is 9.59 Å². The number of rotatable bonds is 7. The summed E-state index contributed by atoms with van der Waals surface area (Å²) < 4.78 is 0. The molecule has 1 saturated heterocycles. The largest absolute Gasteiger partial charge is 0.289 e. The van der Waals surface area contributed by atoms with Crippen LogP contribution in [0.25, 0.3) is 0 Å². The fourth-order valence-electron chi connectivity index (χ4n) is 2.89. The Balaban J connectivity index is 1.54. The van der Waals surface area contributed by atoms with Crippen molar-refractivity contribution in [1.82, 2.24) is 4.90 Å². The number of hydrogen-bond donors (Lipinski definition) is 0. The Kier molecular flexibility index (Phi) is 6.21. The third-order valence-corrected chi connectivity index (χ3v) is 6.09. The molecule has 3 nitrogen and oxygen atoms in total. The van der Waals surface area contributed by atoms with Gasteiger partial charge in [-0.15, -0.1) is 11.8 Å². The van der Waals surface area contributed by atoms with Gasteiger partial charge in [-0.2, -0.15) is 0 Å². The van der Waals surface area contributed by atoms with E-state index in [1.54, 1.807) is 11.8 Å². The van der Waals surface area contributed by atoms with Gasteiger partial charge in [0.15, 0.2) is 0 Å². The summed E-state index contributed by atoms with van der Waals surface area (Å²) in [6, 6.07) is 18.4. The van der Waals surface area contributed by atoms with E-state index in [1.165, 1.54) is 27.1 Å². The summed E-state index contributed by atoms with van der Waals surface area (Å²) in [5.41, 5.74) is 2.34.